The van der Waals surface area contributed by atoms with Crippen molar-refractivity contribution in [3.8, 4) is 23.0 Å². The normalized spacial score (nSPS) is 10.5. The largest absolute Gasteiger partial charge is 0.497 e. The van der Waals surface area contributed by atoms with Crippen LogP contribution < -0.4 is 14.8 Å². The predicted octanol–water partition coefficient (Wildman–Crippen LogP) is 2.35. The highest BCUT2D eigenvalue weighted by Gasteiger charge is 2.14. The van der Waals surface area contributed by atoms with Crippen LogP contribution in [0.15, 0.2) is 22.6 Å². The van der Waals surface area contributed by atoms with E-state index < -0.39 is 0 Å². The fraction of sp³-hybridized carbons (Fsp3) is 0.357. The number of amides is 1. The van der Waals surface area contributed by atoms with E-state index in [2.05, 4.69) is 15.5 Å². The first-order valence-electron chi connectivity index (χ1n) is 6.41. The third-order valence-corrected chi connectivity index (χ3v) is 2.78. The van der Waals surface area contributed by atoms with Crippen molar-refractivity contribution < 1.29 is 18.7 Å². The molecule has 0 saturated heterocycles. The molecule has 0 aliphatic carbocycles. The summed E-state index contributed by atoms with van der Waals surface area (Å²) >= 11 is 0. The zero-order valence-electron chi connectivity index (χ0n) is 12.3. The van der Waals surface area contributed by atoms with Gasteiger partial charge in [0.25, 0.3) is 0 Å². The number of benzene rings is 1. The minimum absolute atomic E-state index is 0.0606. The average Bonchev–Trinajstić information content (AvgIpc) is 2.95. The maximum atomic E-state index is 11.6. The Morgan fingerprint density at radius 3 is 2.29 bits per heavy atom. The Morgan fingerprint density at radius 2 is 1.76 bits per heavy atom. The molecule has 0 fully saturated rings. The first-order valence-corrected chi connectivity index (χ1v) is 6.41. The van der Waals surface area contributed by atoms with Gasteiger partial charge in [-0.15, -0.1) is 5.10 Å². The van der Waals surface area contributed by atoms with Gasteiger partial charge in [0.15, 0.2) is 0 Å². The van der Waals surface area contributed by atoms with Gasteiger partial charge >= 0.3 is 6.01 Å². The summed E-state index contributed by atoms with van der Waals surface area (Å²) in [5.41, 5.74) is 0.642. The van der Waals surface area contributed by atoms with Gasteiger partial charge in [0.2, 0.25) is 11.8 Å². The zero-order valence-corrected chi connectivity index (χ0v) is 12.3. The SMILES string of the molecule is COc1cc(OC)cc(-c2nnc(NC(=O)C(C)C)o2)c1. The summed E-state index contributed by atoms with van der Waals surface area (Å²) in [6.07, 6.45) is 0. The molecule has 1 aromatic carbocycles. The summed E-state index contributed by atoms with van der Waals surface area (Å²) in [7, 11) is 3.11. The van der Waals surface area contributed by atoms with Crippen LogP contribution in [0.1, 0.15) is 13.8 Å². The minimum atomic E-state index is -0.187. The van der Waals surface area contributed by atoms with Crippen LogP contribution in [0.5, 0.6) is 11.5 Å². The number of ether oxygens (including phenoxy) is 2. The summed E-state index contributed by atoms with van der Waals surface area (Å²) in [6.45, 7) is 3.55. The van der Waals surface area contributed by atoms with Crippen LogP contribution in [0.4, 0.5) is 6.01 Å². The number of rotatable bonds is 5. The lowest BCUT2D eigenvalue weighted by molar-refractivity contribution is -0.119. The van der Waals surface area contributed by atoms with Crippen LogP contribution in [-0.2, 0) is 4.79 Å². The molecule has 0 aliphatic rings. The molecule has 1 heterocycles. The van der Waals surface area contributed by atoms with Crippen LogP contribution in [-0.4, -0.2) is 30.3 Å². The fourth-order valence-electron chi connectivity index (χ4n) is 1.57. The molecule has 0 aliphatic heterocycles. The zero-order chi connectivity index (χ0) is 15.4. The molecule has 0 spiro atoms. The lowest BCUT2D eigenvalue weighted by Gasteiger charge is -2.06. The summed E-state index contributed by atoms with van der Waals surface area (Å²) in [6, 6.07) is 5.28. The van der Waals surface area contributed by atoms with Gasteiger partial charge in [0.1, 0.15) is 11.5 Å². The van der Waals surface area contributed by atoms with Crippen molar-refractivity contribution in [1.82, 2.24) is 10.2 Å². The summed E-state index contributed by atoms with van der Waals surface area (Å²) in [4.78, 5) is 11.6. The standard InChI is InChI=1S/C14H17N3O4/c1-8(2)12(18)15-14-17-16-13(21-14)9-5-10(19-3)7-11(6-9)20-4/h5-8H,1-4H3,(H,15,17,18). The van der Waals surface area contributed by atoms with E-state index in [0.717, 1.165) is 0 Å². The Kier molecular flexibility index (Phi) is 4.42. The van der Waals surface area contributed by atoms with Crippen LogP contribution in [0.3, 0.4) is 0 Å². The van der Waals surface area contributed by atoms with Crippen molar-refractivity contribution >= 4 is 11.9 Å². The van der Waals surface area contributed by atoms with E-state index in [-0.39, 0.29) is 23.7 Å². The quantitative estimate of drug-likeness (QED) is 0.910. The Balaban J connectivity index is 2.26. The van der Waals surface area contributed by atoms with Gasteiger partial charge in [-0.1, -0.05) is 18.9 Å². The highest BCUT2D eigenvalue weighted by molar-refractivity contribution is 5.90. The van der Waals surface area contributed by atoms with Crippen LogP contribution in [0, 0.1) is 5.92 Å². The molecular formula is C14H17N3O4. The lowest BCUT2D eigenvalue weighted by Crippen LogP contribution is -2.17. The number of hydrogen-bond acceptors (Lipinski definition) is 6. The van der Waals surface area contributed by atoms with Crippen molar-refractivity contribution in [2.75, 3.05) is 19.5 Å². The van der Waals surface area contributed by atoms with Gasteiger partial charge in [-0.25, -0.2) is 0 Å². The maximum absolute atomic E-state index is 11.6. The van der Waals surface area contributed by atoms with E-state index in [1.54, 1.807) is 46.3 Å². The van der Waals surface area contributed by atoms with Crippen molar-refractivity contribution in [3.63, 3.8) is 0 Å². The third kappa shape index (κ3) is 3.50. The Bertz CT molecular complexity index is 615. The molecule has 0 unspecified atom stereocenters. The topological polar surface area (TPSA) is 86.5 Å². The minimum Gasteiger partial charge on any atom is -0.497 e. The van der Waals surface area contributed by atoms with E-state index in [1.807, 2.05) is 0 Å². The molecule has 7 nitrogen and oxygen atoms in total. The number of nitrogens with zero attached hydrogens (tertiary/aromatic N) is 2. The third-order valence-electron chi connectivity index (χ3n) is 2.78. The Morgan fingerprint density at radius 1 is 1.14 bits per heavy atom. The van der Waals surface area contributed by atoms with Crippen molar-refractivity contribution in [3.05, 3.63) is 18.2 Å². The molecule has 21 heavy (non-hydrogen) atoms. The number of hydrogen-bond donors (Lipinski definition) is 1. The molecule has 2 rings (SSSR count). The number of methoxy groups -OCH3 is 2. The summed E-state index contributed by atoms with van der Waals surface area (Å²) < 4.78 is 15.8. The van der Waals surface area contributed by atoms with E-state index >= 15 is 0 Å². The van der Waals surface area contributed by atoms with Crippen molar-refractivity contribution in [2.45, 2.75) is 13.8 Å². The molecule has 7 heteroatoms. The van der Waals surface area contributed by atoms with Crippen molar-refractivity contribution in [1.29, 1.82) is 0 Å². The average molecular weight is 291 g/mol. The number of aromatic nitrogens is 2. The summed E-state index contributed by atoms with van der Waals surface area (Å²) in [5.74, 6) is 1.13. The van der Waals surface area contributed by atoms with E-state index in [4.69, 9.17) is 13.9 Å². The van der Waals surface area contributed by atoms with Gasteiger partial charge in [-0.2, -0.15) is 0 Å². The van der Waals surface area contributed by atoms with Gasteiger partial charge in [-0.3, -0.25) is 10.1 Å². The van der Waals surface area contributed by atoms with Crippen LogP contribution in [0.25, 0.3) is 11.5 Å². The fourth-order valence-corrected chi connectivity index (χ4v) is 1.57. The van der Waals surface area contributed by atoms with Gasteiger partial charge < -0.3 is 13.9 Å². The number of carbonyl (C=O) groups excluding carboxylic acids is 1. The van der Waals surface area contributed by atoms with E-state index in [0.29, 0.717) is 17.1 Å². The van der Waals surface area contributed by atoms with Gasteiger partial charge in [-0.05, 0) is 12.1 Å². The van der Waals surface area contributed by atoms with Crippen molar-refractivity contribution in [2.24, 2.45) is 5.92 Å². The van der Waals surface area contributed by atoms with E-state index in [1.165, 1.54) is 0 Å². The van der Waals surface area contributed by atoms with Crippen LogP contribution >= 0.6 is 0 Å². The highest BCUT2D eigenvalue weighted by atomic mass is 16.5. The Labute approximate surface area is 122 Å². The lowest BCUT2D eigenvalue weighted by atomic mass is 10.2. The molecule has 2 aromatic rings. The second-order valence-corrected chi connectivity index (χ2v) is 4.66. The molecule has 0 bridgehead atoms. The second-order valence-electron chi connectivity index (χ2n) is 4.66. The predicted molar refractivity (Wildman–Crippen MR) is 76.3 cm³/mol. The summed E-state index contributed by atoms with van der Waals surface area (Å²) in [5, 5.41) is 10.2. The number of anilines is 1. The van der Waals surface area contributed by atoms with E-state index in [9.17, 15) is 4.79 Å². The maximum Gasteiger partial charge on any atom is 0.322 e. The smallest absolute Gasteiger partial charge is 0.322 e. The van der Waals surface area contributed by atoms with Gasteiger partial charge in [0, 0.05) is 17.5 Å². The highest BCUT2D eigenvalue weighted by Crippen LogP contribution is 2.29. The monoisotopic (exact) mass is 291 g/mol. The molecule has 1 N–H and O–H groups in total. The first-order chi connectivity index (χ1) is 10.0. The second kappa shape index (κ2) is 6.25. The molecule has 0 radical (unpaired) electrons. The molecule has 112 valence electrons. The molecule has 1 amide bonds. The first kappa shape index (κ1) is 14.8. The molecule has 0 atom stereocenters. The molecular weight excluding hydrogens is 274 g/mol. The van der Waals surface area contributed by atoms with Crippen LogP contribution in [0.2, 0.25) is 0 Å². The Hall–Kier alpha value is -2.57. The molecule has 0 saturated carbocycles. The number of nitrogens with one attached hydrogen (secondary N) is 1. The van der Waals surface area contributed by atoms with Gasteiger partial charge in [0.05, 0.1) is 14.2 Å². The molecule has 1 aromatic heterocycles. The number of carbonyl (C=O) groups is 1.